The fourth-order valence-electron chi connectivity index (χ4n) is 5.44. The first-order valence-corrected chi connectivity index (χ1v) is 16.6. The van der Waals surface area contributed by atoms with E-state index in [4.69, 9.17) is 0 Å². The van der Waals surface area contributed by atoms with Crippen molar-refractivity contribution in [1.29, 1.82) is 0 Å². The highest BCUT2D eigenvalue weighted by molar-refractivity contribution is 8.76. The van der Waals surface area contributed by atoms with Crippen LogP contribution in [0.5, 0.6) is 0 Å². The Morgan fingerprint density at radius 2 is 0.978 bits per heavy atom. The molecule has 6 rings (SSSR count). The lowest BCUT2D eigenvalue weighted by Crippen LogP contribution is -2.34. The van der Waals surface area contributed by atoms with Crippen molar-refractivity contribution in [3.63, 3.8) is 0 Å². The average Bonchev–Trinajstić information content (AvgIpc) is 3.69. The van der Waals surface area contributed by atoms with E-state index in [1.54, 1.807) is 46.1 Å². The molecular weight excluding hydrogens is 627 g/mol. The molecule has 0 saturated carbocycles. The molecule has 46 heavy (non-hydrogen) atoms. The molecular formula is C34H30F2N6O2S2. The minimum Gasteiger partial charge on any atom is -0.383 e. The first-order valence-electron chi connectivity index (χ1n) is 14.4. The Bertz CT molecular complexity index is 1750. The topological polar surface area (TPSA) is 102 Å². The molecule has 0 aliphatic carbocycles. The van der Waals surface area contributed by atoms with Gasteiger partial charge in [-0.15, -0.1) is 20.4 Å². The lowest BCUT2D eigenvalue weighted by atomic mass is 9.87. The second-order valence-electron chi connectivity index (χ2n) is 11.1. The van der Waals surface area contributed by atoms with Crippen LogP contribution in [0, 0.1) is 11.6 Å². The predicted octanol–water partition coefficient (Wildman–Crippen LogP) is 6.21. The highest BCUT2D eigenvalue weighted by atomic mass is 33.1. The van der Waals surface area contributed by atoms with Gasteiger partial charge in [0.1, 0.15) is 35.5 Å². The first kappa shape index (κ1) is 31.6. The Morgan fingerprint density at radius 1 is 0.565 bits per heavy atom. The fraction of sp³-hybridized carbons (Fsp3) is 0.176. The van der Waals surface area contributed by atoms with Crippen LogP contribution in [0.15, 0.2) is 132 Å². The molecule has 0 radical (unpaired) electrons. The molecule has 2 unspecified atom stereocenters. The van der Waals surface area contributed by atoms with Crippen LogP contribution >= 0.6 is 21.6 Å². The fourth-order valence-corrected chi connectivity index (χ4v) is 7.38. The number of aliphatic hydroxyl groups is 2. The number of hydrogen-bond acceptors (Lipinski definition) is 8. The molecule has 4 aromatic carbocycles. The van der Waals surface area contributed by atoms with Crippen molar-refractivity contribution in [3.8, 4) is 0 Å². The van der Waals surface area contributed by atoms with E-state index in [2.05, 4.69) is 20.4 Å². The standard InChI is InChI=1S/C34H30F2N6O2S2/c35-29-15-7-9-25(17-29)19-33(43,27-11-3-1-4-12-27)21-41-23-37-39-31(41)45-46-32-40-38-24-42(32)22-34(44,28-13-5-2-6-14-28)20-26-10-8-16-30(36)18-26/h1-18,23-24,43-44H,19-22H2. The van der Waals surface area contributed by atoms with Gasteiger partial charge in [-0.25, -0.2) is 8.78 Å². The minimum absolute atomic E-state index is 0.109. The summed E-state index contributed by atoms with van der Waals surface area (Å²) >= 11 is 0. The van der Waals surface area contributed by atoms with Gasteiger partial charge in [0, 0.05) is 12.8 Å². The van der Waals surface area contributed by atoms with Crippen LogP contribution in [0.3, 0.4) is 0 Å². The average molecular weight is 657 g/mol. The van der Waals surface area contributed by atoms with Crippen molar-refractivity contribution < 1.29 is 19.0 Å². The highest BCUT2D eigenvalue weighted by Gasteiger charge is 2.33. The van der Waals surface area contributed by atoms with Gasteiger partial charge in [0.2, 0.25) is 10.3 Å². The van der Waals surface area contributed by atoms with Crippen molar-refractivity contribution in [1.82, 2.24) is 29.5 Å². The van der Waals surface area contributed by atoms with Crippen LogP contribution in [-0.4, -0.2) is 39.7 Å². The third kappa shape index (κ3) is 7.53. The number of benzene rings is 4. The molecule has 234 valence electrons. The molecule has 12 heteroatoms. The van der Waals surface area contributed by atoms with Crippen LogP contribution in [0.4, 0.5) is 8.78 Å². The number of nitrogens with zero attached hydrogens (tertiary/aromatic N) is 6. The summed E-state index contributed by atoms with van der Waals surface area (Å²) in [7, 11) is 2.56. The van der Waals surface area contributed by atoms with Crippen LogP contribution in [-0.2, 0) is 37.1 Å². The van der Waals surface area contributed by atoms with Gasteiger partial charge in [-0.2, -0.15) is 0 Å². The summed E-state index contributed by atoms with van der Waals surface area (Å²) in [6.45, 7) is 0.217. The van der Waals surface area contributed by atoms with Gasteiger partial charge >= 0.3 is 0 Å². The Morgan fingerprint density at radius 3 is 1.37 bits per heavy atom. The molecule has 0 fully saturated rings. The summed E-state index contributed by atoms with van der Waals surface area (Å²) in [5, 5.41) is 41.7. The lowest BCUT2D eigenvalue weighted by molar-refractivity contribution is 0.0157. The van der Waals surface area contributed by atoms with Gasteiger partial charge in [0.25, 0.3) is 0 Å². The van der Waals surface area contributed by atoms with E-state index in [1.807, 2.05) is 60.7 Å². The lowest BCUT2D eigenvalue weighted by Gasteiger charge is -2.30. The Hall–Kier alpha value is -4.36. The first-order chi connectivity index (χ1) is 22.3. The molecule has 6 aromatic rings. The summed E-state index contributed by atoms with van der Waals surface area (Å²) in [5.41, 5.74) is -0.119. The predicted molar refractivity (Wildman–Crippen MR) is 173 cm³/mol. The van der Waals surface area contributed by atoms with Gasteiger partial charge < -0.3 is 19.3 Å². The molecule has 2 heterocycles. The molecule has 8 nitrogen and oxygen atoms in total. The van der Waals surface area contributed by atoms with E-state index in [9.17, 15) is 19.0 Å². The molecule has 0 bridgehead atoms. The second kappa shape index (κ2) is 14.0. The van der Waals surface area contributed by atoms with Crippen molar-refractivity contribution in [2.45, 2.75) is 47.4 Å². The maximum atomic E-state index is 14.0. The Kier molecular flexibility index (Phi) is 9.59. The second-order valence-corrected chi connectivity index (χ2v) is 13.1. The SMILES string of the molecule is OC(Cc1cccc(F)c1)(Cn1cnnc1SSc1nncn1CC(O)(Cc1cccc(F)c1)c1ccccc1)c1ccccc1. The maximum absolute atomic E-state index is 14.0. The Labute approximate surface area is 272 Å². The molecule has 0 aliphatic heterocycles. The zero-order valence-electron chi connectivity index (χ0n) is 24.5. The smallest absolute Gasteiger partial charge is 0.202 e. The molecule has 0 spiro atoms. The van der Waals surface area contributed by atoms with Crippen LogP contribution < -0.4 is 0 Å². The van der Waals surface area contributed by atoms with E-state index in [0.29, 0.717) is 32.6 Å². The summed E-state index contributed by atoms with van der Waals surface area (Å²) in [4.78, 5) is 0. The highest BCUT2D eigenvalue weighted by Crippen LogP contribution is 2.38. The number of aromatic nitrogens is 6. The monoisotopic (exact) mass is 656 g/mol. The maximum Gasteiger partial charge on any atom is 0.202 e. The van der Waals surface area contributed by atoms with E-state index in [1.165, 1.54) is 45.9 Å². The quantitative estimate of drug-likeness (QED) is 0.142. The summed E-state index contributed by atoms with van der Waals surface area (Å²) in [6.07, 6.45) is 3.42. The van der Waals surface area contributed by atoms with Crippen molar-refractivity contribution in [2.75, 3.05) is 0 Å². The van der Waals surface area contributed by atoms with E-state index >= 15 is 0 Å². The third-order valence-corrected chi connectivity index (χ3v) is 9.77. The van der Waals surface area contributed by atoms with Crippen LogP contribution in [0.25, 0.3) is 0 Å². The molecule has 0 saturated heterocycles. The van der Waals surface area contributed by atoms with Gasteiger partial charge in [0.15, 0.2) is 0 Å². The van der Waals surface area contributed by atoms with E-state index < -0.39 is 11.2 Å². The van der Waals surface area contributed by atoms with Gasteiger partial charge in [-0.05, 0) is 68.1 Å². The zero-order chi connectivity index (χ0) is 32.0. The molecule has 2 N–H and O–H groups in total. The summed E-state index contributed by atoms with van der Waals surface area (Å²) in [5.74, 6) is -0.742. The van der Waals surface area contributed by atoms with Crippen LogP contribution in [0.1, 0.15) is 22.3 Å². The number of rotatable bonds is 13. The van der Waals surface area contributed by atoms with Crippen molar-refractivity contribution >= 4 is 21.6 Å². The van der Waals surface area contributed by atoms with Crippen molar-refractivity contribution in [2.24, 2.45) is 0 Å². The number of halogens is 2. The summed E-state index contributed by atoms with van der Waals surface area (Å²) in [6, 6.07) is 30.9. The Balaban J connectivity index is 1.22. The van der Waals surface area contributed by atoms with Crippen molar-refractivity contribution in [3.05, 3.63) is 156 Å². The molecule has 2 atom stereocenters. The van der Waals surface area contributed by atoms with Gasteiger partial charge in [-0.1, -0.05) is 84.9 Å². The number of hydrogen-bond donors (Lipinski definition) is 2. The minimum atomic E-state index is -1.39. The van der Waals surface area contributed by atoms with E-state index in [0.717, 1.165) is 0 Å². The largest absolute Gasteiger partial charge is 0.383 e. The summed E-state index contributed by atoms with van der Waals surface area (Å²) < 4.78 is 31.5. The molecule has 2 aromatic heterocycles. The normalized spacial score (nSPS) is 14.1. The third-order valence-electron chi connectivity index (χ3n) is 7.61. The van der Waals surface area contributed by atoms with E-state index in [-0.39, 0.29) is 37.6 Å². The zero-order valence-corrected chi connectivity index (χ0v) is 26.2. The molecule has 0 amide bonds. The van der Waals surface area contributed by atoms with Gasteiger partial charge in [0.05, 0.1) is 13.1 Å². The van der Waals surface area contributed by atoms with Gasteiger partial charge in [-0.3, -0.25) is 0 Å². The molecule has 0 aliphatic rings. The van der Waals surface area contributed by atoms with Crippen LogP contribution in [0.2, 0.25) is 0 Å².